The second-order valence-corrected chi connectivity index (χ2v) is 41.1. The van der Waals surface area contributed by atoms with Gasteiger partial charge in [-0.25, -0.2) is 4.79 Å². The SMILES string of the molecule is C=C1C[C@@H]2/C=C/C(=O)C[C@H]3O[C@H]4[C@@H](O[Si](c5ccccc5)(c5ccccc5)C(C)(C)C)[C@H]5OC(CC[C@@H]5O[C@H]4[C@H]3O[Si](c3ccccc3)(c3ccccc3)C(C)(C)C)CC(=O)C[C@H]3C(C[C@H]4O[C@@H](CCC1O2)C[C@@H](C)C4=C)O[C@H](C[C@H]1CN(C(=O)OC(C)(C)C)C(C)(C)O1)[C@@H]3C. The Labute approximate surface area is 573 Å². The molecule has 0 aliphatic carbocycles. The largest absolute Gasteiger partial charge is 0.444 e. The average molecular weight is 1350 g/mol. The number of fused-ring (bicyclic) bond motifs is 7. The Balaban J connectivity index is 0.937. The molecule has 12 rings (SSSR count). The molecule has 16 heteroatoms. The van der Waals surface area contributed by atoms with Gasteiger partial charge in [-0.05, 0) is 133 Å². The number of nitrogens with zero attached hydrogens (tertiary/aromatic N) is 1. The number of carbonyl (C=O) groups excluding carboxylic acids is 3. The number of benzene rings is 4. The number of Topliss-reactive ketones (excluding diaryl/α,β-unsaturated/α-hetero) is 1. The molecule has 0 N–H and O–H groups in total. The first kappa shape index (κ1) is 70.6. The molecule has 4 aromatic carbocycles. The Morgan fingerprint density at radius 1 is 0.583 bits per heavy atom. The molecule has 14 nitrogen and oxygen atoms in total. The van der Waals surface area contributed by atoms with Gasteiger partial charge in [-0.2, -0.15) is 0 Å². The molecule has 8 bridgehead atoms. The van der Waals surface area contributed by atoms with Crippen molar-refractivity contribution in [1.82, 2.24) is 4.90 Å². The van der Waals surface area contributed by atoms with Crippen molar-refractivity contribution >= 4 is 55.0 Å². The van der Waals surface area contributed by atoms with Gasteiger partial charge in [0.05, 0.1) is 67.6 Å². The lowest BCUT2D eigenvalue weighted by Crippen LogP contribution is -2.73. The van der Waals surface area contributed by atoms with E-state index >= 15 is 9.59 Å². The van der Waals surface area contributed by atoms with E-state index in [1.807, 2.05) is 40.7 Å². The van der Waals surface area contributed by atoms with Gasteiger partial charge in [-0.1, -0.05) is 196 Å². The smallest absolute Gasteiger partial charge is 0.412 e. The van der Waals surface area contributed by atoms with Crippen LogP contribution in [0.2, 0.25) is 10.1 Å². The monoisotopic (exact) mass is 1350 g/mol. The number of rotatable bonds is 10. The molecule has 18 atom stereocenters. The van der Waals surface area contributed by atoms with E-state index in [9.17, 15) is 4.79 Å². The van der Waals surface area contributed by atoms with Crippen LogP contribution in [0.25, 0.3) is 0 Å². The minimum Gasteiger partial charge on any atom is -0.444 e. The lowest BCUT2D eigenvalue weighted by Gasteiger charge is -2.53. The van der Waals surface area contributed by atoms with Crippen LogP contribution in [0.3, 0.4) is 0 Å². The summed E-state index contributed by atoms with van der Waals surface area (Å²) in [5, 5.41) is 3.54. The predicted octanol–water partition coefficient (Wildman–Crippen LogP) is 12.9. The number of ketones is 2. The Morgan fingerprint density at radius 3 is 1.69 bits per heavy atom. The molecule has 1 amide bonds. The summed E-state index contributed by atoms with van der Waals surface area (Å²) in [6.45, 7) is 37.1. The highest BCUT2D eigenvalue weighted by Gasteiger charge is 2.65. The van der Waals surface area contributed by atoms with E-state index in [4.69, 9.17) is 46.7 Å². The summed E-state index contributed by atoms with van der Waals surface area (Å²) in [5.41, 5.74) is 0.461. The molecule has 0 aromatic heterocycles. The van der Waals surface area contributed by atoms with Crippen LogP contribution >= 0.6 is 0 Å². The normalized spacial score (nSPS) is 34.4. The molecule has 8 aliphatic rings. The maximum absolute atomic E-state index is 15.4. The van der Waals surface area contributed by atoms with E-state index in [1.54, 1.807) is 11.0 Å². The van der Waals surface area contributed by atoms with Crippen molar-refractivity contribution < 1.29 is 61.1 Å². The Kier molecular flexibility index (Phi) is 20.7. The average Bonchev–Trinajstić information content (AvgIpc) is 1.36. The minimum atomic E-state index is -3.42. The quantitative estimate of drug-likeness (QED) is 0.110. The highest BCUT2D eigenvalue weighted by atomic mass is 28.4. The molecule has 518 valence electrons. The fourth-order valence-electron chi connectivity index (χ4n) is 17.5. The highest BCUT2D eigenvalue weighted by Crippen LogP contribution is 2.50. The predicted molar refractivity (Wildman–Crippen MR) is 379 cm³/mol. The third-order valence-corrected chi connectivity index (χ3v) is 32.3. The summed E-state index contributed by atoms with van der Waals surface area (Å²) in [4.78, 5) is 45.8. The molecule has 0 radical (unpaired) electrons. The lowest BCUT2D eigenvalue weighted by molar-refractivity contribution is -0.254. The summed E-state index contributed by atoms with van der Waals surface area (Å²) in [6.07, 6.45) is 1.54. The Morgan fingerprint density at radius 2 is 1.12 bits per heavy atom. The summed E-state index contributed by atoms with van der Waals surface area (Å²) in [6, 6.07) is 42.6. The van der Waals surface area contributed by atoms with Crippen LogP contribution < -0.4 is 20.7 Å². The van der Waals surface area contributed by atoms with Crippen molar-refractivity contribution in [2.75, 3.05) is 6.54 Å². The van der Waals surface area contributed by atoms with Crippen molar-refractivity contribution in [3.63, 3.8) is 0 Å². The van der Waals surface area contributed by atoms with Crippen molar-refractivity contribution in [3.05, 3.63) is 158 Å². The fraction of sp³-hybridized carbons (Fsp3) is 0.588. The van der Waals surface area contributed by atoms with Gasteiger partial charge in [-0.15, -0.1) is 0 Å². The maximum Gasteiger partial charge on any atom is 0.412 e. The summed E-state index contributed by atoms with van der Waals surface area (Å²) in [7, 11) is -6.79. The van der Waals surface area contributed by atoms with E-state index in [0.29, 0.717) is 45.1 Å². The Bertz CT molecular complexity index is 3340. The third-order valence-electron chi connectivity index (χ3n) is 22.3. The van der Waals surface area contributed by atoms with Crippen molar-refractivity contribution in [2.24, 2.45) is 17.8 Å². The molecule has 8 heterocycles. The van der Waals surface area contributed by atoms with Crippen LogP contribution in [0, 0.1) is 17.8 Å². The third kappa shape index (κ3) is 14.4. The van der Waals surface area contributed by atoms with Crippen LogP contribution in [0.1, 0.15) is 161 Å². The summed E-state index contributed by atoms with van der Waals surface area (Å²) >= 11 is 0. The van der Waals surface area contributed by atoms with Crippen molar-refractivity contribution in [1.29, 1.82) is 0 Å². The molecule has 7 saturated heterocycles. The van der Waals surface area contributed by atoms with E-state index in [-0.39, 0.29) is 91.3 Å². The number of allylic oxidation sites excluding steroid dienone is 1. The van der Waals surface area contributed by atoms with E-state index in [2.05, 4.69) is 190 Å². The number of ether oxygens (including phenoxy) is 8. The van der Waals surface area contributed by atoms with Crippen LogP contribution in [0.15, 0.2) is 158 Å². The lowest BCUT2D eigenvalue weighted by atomic mass is 9.78. The topological polar surface area (TPSA) is 147 Å². The van der Waals surface area contributed by atoms with Gasteiger partial charge in [0.1, 0.15) is 47.6 Å². The fourth-order valence-corrected chi connectivity index (χ4v) is 26.9. The van der Waals surface area contributed by atoms with Gasteiger partial charge >= 0.3 is 6.09 Å². The molecule has 7 fully saturated rings. The van der Waals surface area contributed by atoms with Gasteiger partial charge in [0.2, 0.25) is 0 Å². The maximum atomic E-state index is 15.4. The number of carbonyl (C=O) groups is 3. The molecule has 96 heavy (non-hydrogen) atoms. The van der Waals surface area contributed by atoms with E-state index < -0.39 is 93.0 Å². The first-order valence-corrected chi connectivity index (χ1v) is 39.6. The van der Waals surface area contributed by atoms with Crippen LogP contribution in [0.4, 0.5) is 4.79 Å². The highest BCUT2D eigenvalue weighted by molar-refractivity contribution is 7.00. The van der Waals surface area contributed by atoms with Gasteiger partial charge in [0.25, 0.3) is 16.6 Å². The van der Waals surface area contributed by atoms with E-state index in [1.165, 1.54) is 0 Å². The van der Waals surface area contributed by atoms with Gasteiger partial charge in [0.15, 0.2) is 5.78 Å². The molecule has 8 aliphatic heterocycles. The number of hydrogen-bond donors (Lipinski definition) is 0. The molecular weight excluding hydrogens is 1240 g/mol. The van der Waals surface area contributed by atoms with Crippen LogP contribution in [0.5, 0.6) is 0 Å². The second kappa shape index (κ2) is 28.1. The van der Waals surface area contributed by atoms with Gasteiger partial charge in [0, 0.05) is 38.5 Å². The number of amides is 1. The first-order chi connectivity index (χ1) is 45.5. The summed E-state index contributed by atoms with van der Waals surface area (Å²) < 4.78 is 73.2. The van der Waals surface area contributed by atoms with Crippen LogP contribution in [-0.2, 0) is 56.3 Å². The molecular formula is C80H107NO13Si2. The molecule has 4 aromatic rings. The zero-order valence-corrected chi connectivity index (χ0v) is 61.2. The van der Waals surface area contributed by atoms with Gasteiger partial charge in [-0.3, -0.25) is 14.5 Å². The van der Waals surface area contributed by atoms with E-state index in [0.717, 1.165) is 44.7 Å². The minimum absolute atomic E-state index is 0.0110. The number of hydrogen-bond acceptors (Lipinski definition) is 13. The molecule has 0 saturated carbocycles. The van der Waals surface area contributed by atoms with Crippen LogP contribution in [-0.4, -0.2) is 149 Å². The Hall–Kier alpha value is -5.22. The first-order valence-electron chi connectivity index (χ1n) is 35.8. The second-order valence-electron chi connectivity index (χ2n) is 32.6. The molecule has 3 unspecified atom stereocenters. The summed E-state index contributed by atoms with van der Waals surface area (Å²) in [5.74, 6) is -0.0427. The zero-order valence-electron chi connectivity index (χ0n) is 59.2. The van der Waals surface area contributed by atoms with Crippen molar-refractivity contribution in [2.45, 2.75) is 274 Å². The zero-order chi connectivity index (χ0) is 68.3. The van der Waals surface area contributed by atoms with Gasteiger partial charge < -0.3 is 46.7 Å². The van der Waals surface area contributed by atoms with Crippen molar-refractivity contribution in [3.8, 4) is 0 Å². The standard InChI is InChI=1S/C80H107NO13Si2/c1-50-42-57-38-40-65-51(2)43-56(85-65)37-36-54(82)46-70-72(93-95(78(8,9)10,60-28-20-16-21-29-60)61-30-22-17-23-31-61)73-74(90-70)75(94-96(79(11,12)13,62-32-24-18-25-33-62)63-34-26-19-27-35-63)71-66(89-73)41-39-58(87-71)44-55(83)45-64-53(4)67(88-69(64)48-68(86-57)52(50)3)47-59-49-81(80(14,15)91-59)76(84)92-77(5,6)7/h16-37,50,53,56-59,64-75H,2-3,38-49H2,1,4-15H3/b37-36+/t50-,53-,56+,57+,58?,59+,64-,65?,66+,67-,68-,69?,70-,71+,72+,73+,74-,75+/m1/s1. The molecule has 0 spiro atoms.